The Bertz CT molecular complexity index is 1230. The number of rotatable bonds is 9. The maximum Gasteiger partial charge on any atom is 0.262 e. The Balaban J connectivity index is 1.25. The van der Waals surface area contributed by atoms with Gasteiger partial charge in [0.1, 0.15) is 5.75 Å². The molecule has 1 heterocycles. The van der Waals surface area contributed by atoms with Crippen LogP contribution >= 0.6 is 11.6 Å². The predicted octanol–water partition coefficient (Wildman–Crippen LogP) is 4.38. The molecule has 1 fully saturated rings. The second kappa shape index (κ2) is 11.7. The van der Waals surface area contributed by atoms with Crippen molar-refractivity contribution in [2.24, 2.45) is 5.92 Å². The van der Waals surface area contributed by atoms with Crippen molar-refractivity contribution in [3.05, 3.63) is 88.9 Å². The molecular weight excluding hydrogens is 478 g/mol. The molecule has 8 heteroatoms. The van der Waals surface area contributed by atoms with Crippen molar-refractivity contribution in [3.63, 3.8) is 0 Å². The van der Waals surface area contributed by atoms with E-state index in [0.717, 1.165) is 17.5 Å². The molecule has 0 saturated carbocycles. The molecule has 0 aromatic heterocycles. The molecule has 4 rings (SSSR count). The van der Waals surface area contributed by atoms with Gasteiger partial charge in [-0.1, -0.05) is 48.0 Å². The highest BCUT2D eigenvalue weighted by molar-refractivity contribution is 6.31. The second-order valence-electron chi connectivity index (χ2n) is 8.72. The van der Waals surface area contributed by atoms with Gasteiger partial charge < -0.3 is 20.3 Å². The number of nitrogens with one attached hydrogen (secondary N) is 2. The lowest BCUT2D eigenvalue weighted by Crippen LogP contribution is -2.34. The van der Waals surface area contributed by atoms with Gasteiger partial charge in [0.15, 0.2) is 6.61 Å². The summed E-state index contributed by atoms with van der Waals surface area (Å²) >= 11 is 5.99. The van der Waals surface area contributed by atoms with E-state index in [-0.39, 0.29) is 36.7 Å². The molecule has 186 valence electrons. The van der Waals surface area contributed by atoms with Crippen LogP contribution in [0, 0.1) is 12.8 Å². The fourth-order valence-electron chi connectivity index (χ4n) is 4.04. The normalized spacial score (nSPS) is 15.0. The molecular formula is C28H28ClN3O4. The van der Waals surface area contributed by atoms with E-state index >= 15 is 0 Å². The number of carbonyl (C=O) groups is 3. The minimum Gasteiger partial charge on any atom is -0.484 e. The molecule has 3 aromatic rings. The van der Waals surface area contributed by atoms with E-state index in [2.05, 4.69) is 10.6 Å². The monoisotopic (exact) mass is 505 g/mol. The first kappa shape index (κ1) is 25.3. The van der Waals surface area contributed by atoms with Crippen molar-refractivity contribution in [1.29, 1.82) is 0 Å². The smallest absolute Gasteiger partial charge is 0.262 e. The number of benzene rings is 3. The molecule has 7 nitrogen and oxygen atoms in total. The minimum absolute atomic E-state index is 0.0943. The summed E-state index contributed by atoms with van der Waals surface area (Å²) in [5.41, 5.74) is 3.38. The Hall–Kier alpha value is -3.84. The standard InChI is InChI=1S/C28H28ClN3O4/c1-19-7-8-22(29)16-25(19)31-26(33)18-36-24-11-9-23(10-12-24)32-17-21(15-27(32)34)28(35)30-14-13-20-5-3-2-4-6-20/h2-12,16,21H,13-15,17-18H2,1H3,(H,30,35)(H,31,33)/t21-/m0/s1. The second-order valence-corrected chi connectivity index (χ2v) is 9.16. The third-order valence-electron chi connectivity index (χ3n) is 6.04. The van der Waals surface area contributed by atoms with E-state index in [1.807, 2.05) is 43.3 Å². The Morgan fingerprint density at radius 1 is 1.06 bits per heavy atom. The quantitative estimate of drug-likeness (QED) is 0.452. The molecule has 1 aliphatic rings. The molecule has 0 aliphatic carbocycles. The van der Waals surface area contributed by atoms with Crippen LogP contribution in [-0.4, -0.2) is 37.4 Å². The maximum atomic E-state index is 12.6. The molecule has 0 bridgehead atoms. The number of hydrogen-bond acceptors (Lipinski definition) is 4. The molecule has 36 heavy (non-hydrogen) atoms. The highest BCUT2D eigenvalue weighted by Crippen LogP contribution is 2.27. The van der Waals surface area contributed by atoms with Crippen LogP contribution in [-0.2, 0) is 20.8 Å². The van der Waals surface area contributed by atoms with Crippen molar-refractivity contribution < 1.29 is 19.1 Å². The molecule has 1 aliphatic heterocycles. The van der Waals surface area contributed by atoms with E-state index < -0.39 is 0 Å². The highest BCUT2D eigenvalue weighted by atomic mass is 35.5. The average molecular weight is 506 g/mol. The van der Waals surface area contributed by atoms with Crippen LogP contribution in [0.3, 0.4) is 0 Å². The Morgan fingerprint density at radius 2 is 1.81 bits per heavy atom. The van der Waals surface area contributed by atoms with Crippen molar-refractivity contribution in [2.45, 2.75) is 19.8 Å². The average Bonchev–Trinajstić information content (AvgIpc) is 3.27. The van der Waals surface area contributed by atoms with Gasteiger partial charge in [0, 0.05) is 35.9 Å². The van der Waals surface area contributed by atoms with Gasteiger partial charge in [-0.25, -0.2) is 0 Å². The van der Waals surface area contributed by atoms with Gasteiger partial charge in [-0.15, -0.1) is 0 Å². The van der Waals surface area contributed by atoms with E-state index in [1.54, 1.807) is 41.3 Å². The Morgan fingerprint density at radius 3 is 2.56 bits per heavy atom. The topological polar surface area (TPSA) is 87.7 Å². The number of hydrogen-bond donors (Lipinski definition) is 2. The van der Waals surface area contributed by atoms with E-state index in [4.69, 9.17) is 16.3 Å². The number of aryl methyl sites for hydroxylation is 1. The SMILES string of the molecule is Cc1ccc(Cl)cc1NC(=O)COc1ccc(N2C[C@@H](C(=O)NCCc3ccccc3)CC2=O)cc1. The summed E-state index contributed by atoms with van der Waals surface area (Å²) < 4.78 is 5.58. The number of halogens is 1. The summed E-state index contributed by atoms with van der Waals surface area (Å²) in [5, 5.41) is 6.26. The lowest BCUT2D eigenvalue weighted by Gasteiger charge is -2.17. The van der Waals surface area contributed by atoms with Crippen LogP contribution in [0.15, 0.2) is 72.8 Å². The van der Waals surface area contributed by atoms with E-state index in [1.165, 1.54) is 0 Å². The molecule has 0 spiro atoms. The Kier molecular flexibility index (Phi) is 8.23. The third-order valence-corrected chi connectivity index (χ3v) is 6.28. The summed E-state index contributed by atoms with van der Waals surface area (Å²) in [6.45, 7) is 2.57. The van der Waals surface area contributed by atoms with Gasteiger partial charge in [0.05, 0.1) is 5.92 Å². The van der Waals surface area contributed by atoms with Gasteiger partial charge in [0.25, 0.3) is 5.91 Å². The first-order valence-corrected chi connectivity index (χ1v) is 12.2. The number of nitrogens with zero attached hydrogens (tertiary/aromatic N) is 1. The third kappa shape index (κ3) is 6.64. The van der Waals surface area contributed by atoms with Gasteiger partial charge in [-0.3, -0.25) is 14.4 Å². The maximum absolute atomic E-state index is 12.6. The summed E-state index contributed by atoms with van der Waals surface area (Å²) in [7, 11) is 0. The van der Waals surface area contributed by atoms with Crippen molar-refractivity contribution in [1.82, 2.24) is 5.32 Å². The van der Waals surface area contributed by atoms with Crippen molar-refractivity contribution in [2.75, 3.05) is 29.9 Å². The Labute approximate surface area is 215 Å². The first-order valence-electron chi connectivity index (χ1n) is 11.8. The summed E-state index contributed by atoms with van der Waals surface area (Å²) in [4.78, 5) is 39.0. The lowest BCUT2D eigenvalue weighted by atomic mass is 10.1. The molecule has 0 unspecified atom stereocenters. The van der Waals surface area contributed by atoms with Crippen LogP contribution in [0.4, 0.5) is 11.4 Å². The number of carbonyl (C=O) groups excluding carboxylic acids is 3. The van der Waals surface area contributed by atoms with Crippen LogP contribution in [0.2, 0.25) is 5.02 Å². The molecule has 0 radical (unpaired) electrons. The van der Waals surface area contributed by atoms with Gasteiger partial charge in [0.2, 0.25) is 11.8 Å². The number of amides is 3. The fourth-order valence-corrected chi connectivity index (χ4v) is 4.21. The molecule has 1 saturated heterocycles. The van der Waals surface area contributed by atoms with E-state index in [0.29, 0.717) is 35.2 Å². The predicted molar refractivity (Wildman–Crippen MR) is 140 cm³/mol. The molecule has 1 atom stereocenters. The van der Waals surface area contributed by atoms with Gasteiger partial charge in [-0.2, -0.15) is 0 Å². The fraction of sp³-hybridized carbons (Fsp3) is 0.250. The number of ether oxygens (including phenoxy) is 1. The van der Waals surface area contributed by atoms with Crippen LogP contribution in [0.25, 0.3) is 0 Å². The zero-order chi connectivity index (χ0) is 25.5. The van der Waals surface area contributed by atoms with Gasteiger partial charge >= 0.3 is 0 Å². The van der Waals surface area contributed by atoms with Crippen molar-refractivity contribution >= 4 is 40.7 Å². The molecule has 3 amide bonds. The summed E-state index contributed by atoms with van der Waals surface area (Å²) in [6, 6.07) is 22.1. The van der Waals surface area contributed by atoms with Gasteiger partial charge in [-0.05, 0) is 60.9 Å². The number of anilines is 2. The van der Waals surface area contributed by atoms with Crippen LogP contribution < -0.4 is 20.3 Å². The van der Waals surface area contributed by atoms with E-state index in [9.17, 15) is 14.4 Å². The first-order chi connectivity index (χ1) is 17.4. The largest absolute Gasteiger partial charge is 0.484 e. The van der Waals surface area contributed by atoms with Crippen LogP contribution in [0.1, 0.15) is 17.5 Å². The zero-order valence-electron chi connectivity index (χ0n) is 20.0. The summed E-state index contributed by atoms with van der Waals surface area (Å²) in [5.74, 6) is -0.396. The van der Waals surface area contributed by atoms with Crippen molar-refractivity contribution in [3.8, 4) is 5.75 Å². The highest BCUT2D eigenvalue weighted by Gasteiger charge is 2.34. The van der Waals surface area contributed by atoms with Crippen LogP contribution in [0.5, 0.6) is 5.75 Å². The zero-order valence-corrected chi connectivity index (χ0v) is 20.8. The molecule has 3 aromatic carbocycles. The summed E-state index contributed by atoms with van der Waals surface area (Å²) in [6.07, 6.45) is 0.924. The lowest BCUT2D eigenvalue weighted by molar-refractivity contribution is -0.126. The minimum atomic E-state index is -0.386. The molecule has 2 N–H and O–H groups in total.